The largest absolute Gasteiger partial charge is 0.478 e. The predicted molar refractivity (Wildman–Crippen MR) is 152 cm³/mol. The maximum Gasteiger partial charge on any atom is 0.339 e. The Morgan fingerprint density at radius 1 is 0.838 bits per heavy atom. The molecule has 2 aromatic heterocycles. The van der Waals surface area contributed by atoms with E-state index in [1.165, 1.54) is 7.05 Å². The van der Waals surface area contributed by atoms with Crippen molar-refractivity contribution in [1.82, 2.24) is 0 Å². The SMILES string of the molecule is CCC(=O)c1c(C2CC2)oc2cc(N)c(Br)cc12.CN.Nc1cc2oc(C3CC3)c(C(=O)O)c2cc1Br. The monoisotopic (exact) mass is 633 g/mol. The summed E-state index contributed by atoms with van der Waals surface area (Å²) in [6.07, 6.45) is 4.71. The number of anilines is 2. The van der Waals surface area contributed by atoms with E-state index in [0.29, 0.717) is 44.9 Å². The van der Waals surface area contributed by atoms with E-state index >= 15 is 0 Å². The molecule has 2 aromatic carbocycles. The third-order valence-corrected chi connectivity index (χ3v) is 7.75. The first kappa shape index (κ1) is 27.2. The Labute approximate surface area is 230 Å². The Bertz CT molecular complexity index is 1500. The summed E-state index contributed by atoms with van der Waals surface area (Å²) >= 11 is 6.71. The van der Waals surface area contributed by atoms with Gasteiger partial charge in [-0.2, -0.15) is 0 Å². The minimum atomic E-state index is -0.942. The molecule has 8 nitrogen and oxygen atoms in total. The van der Waals surface area contributed by atoms with Crippen LogP contribution in [0.1, 0.15) is 83.1 Å². The number of nitrogen functional groups attached to an aromatic ring is 2. The molecule has 2 heterocycles. The van der Waals surface area contributed by atoms with Gasteiger partial charge in [0.25, 0.3) is 0 Å². The van der Waals surface area contributed by atoms with E-state index in [0.717, 1.165) is 52.4 Å². The van der Waals surface area contributed by atoms with Gasteiger partial charge in [-0.15, -0.1) is 0 Å². The molecule has 37 heavy (non-hydrogen) atoms. The number of carbonyl (C=O) groups is 2. The van der Waals surface area contributed by atoms with Crippen LogP contribution in [0, 0.1) is 0 Å². The van der Waals surface area contributed by atoms with E-state index in [1.807, 2.05) is 13.0 Å². The third-order valence-electron chi connectivity index (χ3n) is 6.38. The van der Waals surface area contributed by atoms with E-state index in [9.17, 15) is 14.7 Å². The molecule has 196 valence electrons. The van der Waals surface area contributed by atoms with Gasteiger partial charge in [-0.3, -0.25) is 4.79 Å². The van der Waals surface area contributed by atoms with Crippen molar-refractivity contribution < 1.29 is 23.5 Å². The molecule has 2 aliphatic carbocycles. The zero-order valence-electron chi connectivity index (χ0n) is 20.6. The topological polar surface area (TPSA) is 159 Å². The van der Waals surface area contributed by atoms with Gasteiger partial charge in [0.05, 0.1) is 5.56 Å². The molecular formula is C27H29Br2N3O5. The molecular weight excluding hydrogens is 606 g/mol. The van der Waals surface area contributed by atoms with Gasteiger partial charge in [-0.1, -0.05) is 6.92 Å². The average Bonchev–Trinajstić information content (AvgIpc) is 3.81. The van der Waals surface area contributed by atoms with E-state index in [-0.39, 0.29) is 17.3 Å². The van der Waals surface area contributed by atoms with Gasteiger partial charge in [0.2, 0.25) is 0 Å². The Kier molecular flexibility index (Phi) is 8.01. The molecule has 0 spiro atoms. The number of rotatable bonds is 5. The van der Waals surface area contributed by atoms with Crippen molar-refractivity contribution in [1.29, 1.82) is 0 Å². The van der Waals surface area contributed by atoms with Crippen LogP contribution in [-0.4, -0.2) is 23.9 Å². The van der Waals surface area contributed by atoms with E-state index in [1.54, 1.807) is 18.2 Å². The zero-order valence-corrected chi connectivity index (χ0v) is 23.7. The van der Waals surface area contributed by atoms with Crippen LogP contribution in [0.2, 0.25) is 0 Å². The molecule has 6 rings (SSSR count). The maximum absolute atomic E-state index is 12.1. The van der Waals surface area contributed by atoms with E-state index in [4.69, 9.17) is 20.3 Å². The molecule has 2 saturated carbocycles. The number of carbonyl (C=O) groups excluding carboxylic acids is 1. The number of benzene rings is 2. The molecule has 0 aliphatic heterocycles. The second kappa shape index (κ2) is 10.9. The van der Waals surface area contributed by atoms with Gasteiger partial charge in [0, 0.05) is 61.5 Å². The third kappa shape index (κ3) is 5.42. The summed E-state index contributed by atoms with van der Waals surface area (Å²) in [5.74, 6) is 1.32. The van der Waals surface area contributed by atoms with Gasteiger partial charge in [-0.05, 0) is 76.7 Å². The number of hydrogen-bond acceptors (Lipinski definition) is 7. The van der Waals surface area contributed by atoms with Crippen LogP contribution >= 0.6 is 31.9 Å². The van der Waals surface area contributed by atoms with Crippen LogP contribution in [-0.2, 0) is 0 Å². The summed E-state index contributed by atoms with van der Waals surface area (Å²) in [4.78, 5) is 23.4. The molecule has 4 aromatic rings. The smallest absolute Gasteiger partial charge is 0.339 e. The number of nitrogens with two attached hydrogens (primary N) is 3. The lowest BCUT2D eigenvalue weighted by atomic mass is 10.0. The standard InChI is InChI=1S/C14H14BrNO2.C12H10BrNO3.CH5N/c1-2-11(17)13-8-5-9(15)10(16)6-12(8)18-14(13)7-3-4-7;13-7-3-6-9(4-8(7)14)17-11(5-1-2-5)10(6)12(15)16;1-2/h5-7H,2-4,16H2,1H3;3-5H,1-2,14H2,(H,15,16);2H2,1H3. The lowest BCUT2D eigenvalue weighted by Gasteiger charge is -2.00. The van der Waals surface area contributed by atoms with Gasteiger partial charge in [-0.25, -0.2) is 4.79 Å². The number of carboxylic acids is 1. The predicted octanol–water partition coefficient (Wildman–Crippen LogP) is 7.18. The molecule has 0 bridgehead atoms. The number of furan rings is 2. The van der Waals surface area contributed by atoms with Crippen molar-refractivity contribution in [2.75, 3.05) is 18.5 Å². The van der Waals surface area contributed by atoms with Crippen LogP contribution < -0.4 is 17.2 Å². The van der Waals surface area contributed by atoms with Crippen molar-refractivity contribution in [3.05, 3.63) is 55.9 Å². The minimum absolute atomic E-state index is 0.146. The fourth-order valence-electron chi connectivity index (χ4n) is 4.25. The summed E-state index contributed by atoms with van der Waals surface area (Å²) in [5, 5.41) is 10.8. The van der Waals surface area contributed by atoms with Crippen molar-refractivity contribution in [3.63, 3.8) is 0 Å². The molecule has 0 atom stereocenters. The molecule has 7 N–H and O–H groups in total. The highest BCUT2D eigenvalue weighted by atomic mass is 79.9. The minimum Gasteiger partial charge on any atom is -0.478 e. The maximum atomic E-state index is 12.1. The van der Waals surface area contributed by atoms with Crippen molar-refractivity contribution in [3.8, 4) is 0 Å². The Morgan fingerprint density at radius 3 is 1.62 bits per heavy atom. The lowest BCUT2D eigenvalue weighted by Crippen LogP contribution is -1.99. The fraction of sp³-hybridized carbons (Fsp3) is 0.333. The number of aromatic carboxylic acids is 1. The highest BCUT2D eigenvalue weighted by Crippen LogP contribution is 2.47. The Morgan fingerprint density at radius 2 is 1.24 bits per heavy atom. The highest BCUT2D eigenvalue weighted by Gasteiger charge is 2.34. The van der Waals surface area contributed by atoms with Crippen LogP contribution in [0.15, 0.2) is 42.0 Å². The van der Waals surface area contributed by atoms with E-state index < -0.39 is 5.97 Å². The molecule has 0 radical (unpaired) electrons. The molecule has 10 heteroatoms. The summed E-state index contributed by atoms with van der Waals surface area (Å²) in [6, 6.07) is 7.06. The van der Waals surface area contributed by atoms with Gasteiger partial charge >= 0.3 is 5.97 Å². The van der Waals surface area contributed by atoms with Crippen LogP contribution in [0.4, 0.5) is 11.4 Å². The lowest BCUT2D eigenvalue weighted by molar-refractivity contribution is 0.0696. The number of Topliss-reactive ketones (excluding diaryl/α,β-unsaturated/α-hetero) is 1. The van der Waals surface area contributed by atoms with Crippen LogP contribution in [0.25, 0.3) is 21.9 Å². The Hall–Kier alpha value is -2.82. The quantitative estimate of drug-likeness (QED) is 0.133. The normalized spacial score (nSPS) is 14.6. The summed E-state index contributed by atoms with van der Waals surface area (Å²) in [6.45, 7) is 1.88. The number of ketones is 1. The molecule has 0 amide bonds. The second-order valence-corrected chi connectivity index (χ2v) is 10.8. The first-order valence-electron chi connectivity index (χ1n) is 12.1. The second-order valence-electron chi connectivity index (χ2n) is 9.05. The first-order chi connectivity index (χ1) is 17.7. The highest BCUT2D eigenvalue weighted by molar-refractivity contribution is 9.11. The average molecular weight is 635 g/mol. The number of hydrogen-bond donors (Lipinski definition) is 4. The fourth-order valence-corrected chi connectivity index (χ4v) is 4.94. The Balaban J connectivity index is 0.000000162. The van der Waals surface area contributed by atoms with Crippen molar-refractivity contribution >= 4 is 76.9 Å². The summed E-state index contributed by atoms with van der Waals surface area (Å²) in [7, 11) is 1.50. The number of carboxylic acid groups (broad SMARTS) is 1. The van der Waals surface area contributed by atoms with Crippen molar-refractivity contribution in [2.45, 2.75) is 50.9 Å². The molecule has 0 saturated heterocycles. The van der Waals surface area contributed by atoms with Crippen molar-refractivity contribution in [2.24, 2.45) is 5.73 Å². The zero-order chi connectivity index (χ0) is 27.0. The first-order valence-corrected chi connectivity index (χ1v) is 13.6. The molecule has 2 aliphatic rings. The summed E-state index contributed by atoms with van der Waals surface area (Å²) in [5.41, 5.74) is 19.6. The van der Waals surface area contributed by atoms with Gasteiger partial charge < -0.3 is 31.1 Å². The van der Waals surface area contributed by atoms with Gasteiger partial charge in [0.1, 0.15) is 28.2 Å². The molecule has 0 unspecified atom stereocenters. The molecule has 2 fully saturated rings. The van der Waals surface area contributed by atoms with E-state index in [2.05, 4.69) is 37.6 Å². The van der Waals surface area contributed by atoms with Crippen LogP contribution in [0.3, 0.4) is 0 Å². The summed E-state index contributed by atoms with van der Waals surface area (Å²) < 4.78 is 13.0. The number of halogens is 2. The van der Waals surface area contributed by atoms with Crippen LogP contribution in [0.5, 0.6) is 0 Å². The number of fused-ring (bicyclic) bond motifs is 2. The van der Waals surface area contributed by atoms with Gasteiger partial charge in [0.15, 0.2) is 5.78 Å².